The lowest BCUT2D eigenvalue weighted by Crippen LogP contribution is -2.00. The van der Waals surface area contributed by atoms with Crippen molar-refractivity contribution in [3.63, 3.8) is 0 Å². The maximum Gasteiger partial charge on any atom is 0.294 e. The van der Waals surface area contributed by atoms with Crippen LogP contribution in [0.4, 0.5) is 5.69 Å². The normalized spacial score (nSPS) is 9.69. The second-order valence-electron chi connectivity index (χ2n) is 2.87. The Bertz CT molecular complexity index is 584. The van der Waals surface area contributed by atoms with Crippen LogP contribution in [-0.4, -0.2) is 19.7 Å². The summed E-state index contributed by atoms with van der Waals surface area (Å²) < 4.78 is 1.21. The van der Waals surface area contributed by atoms with Crippen LogP contribution in [0.2, 0.25) is 0 Å². The smallest absolute Gasteiger partial charge is 0.258 e. The highest BCUT2D eigenvalue weighted by molar-refractivity contribution is 5.51. The van der Waals surface area contributed by atoms with E-state index in [1.807, 2.05) is 0 Å². The summed E-state index contributed by atoms with van der Waals surface area (Å²) in [7, 11) is 0. The van der Waals surface area contributed by atoms with Gasteiger partial charge < -0.3 is 0 Å². The Balaban J connectivity index is 2.56. The average Bonchev–Trinajstić information content (AvgIpc) is 2.77. The highest BCUT2D eigenvalue weighted by Crippen LogP contribution is 2.20. The molecule has 0 saturated carbocycles. The molecule has 0 aliphatic heterocycles. The lowest BCUT2D eigenvalue weighted by molar-refractivity contribution is -0.384. The third kappa shape index (κ3) is 1.59. The number of benzene rings is 1. The predicted molar refractivity (Wildman–Crippen MR) is 52.7 cm³/mol. The van der Waals surface area contributed by atoms with Gasteiger partial charge in [0, 0.05) is 6.07 Å². The Morgan fingerprint density at radius 2 is 2.19 bits per heavy atom. The van der Waals surface area contributed by atoms with E-state index in [2.05, 4.69) is 10.1 Å². The number of nitro benzene ring substituents is 1. The first-order valence-electron chi connectivity index (χ1n) is 4.28. The molecular formula is C9H5N5O2. The Morgan fingerprint density at radius 3 is 2.81 bits per heavy atom. The number of hydrogen-bond donors (Lipinski definition) is 0. The minimum atomic E-state index is -0.511. The highest BCUT2D eigenvalue weighted by atomic mass is 16.6. The van der Waals surface area contributed by atoms with Gasteiger partial charge in [0.1, 0.15) is 18.1 Å². The molecule has 7 nitrogen and oxygen atoms in total. The largest absolute Gasteiger partial charge is 0.294 e. The van der Waals surface area contributed by atoms with Gasteiger partial charge in [-0.1, -0.05) is 12.1 Å². The molecule has 1 aromatic heterocycles. The van der Waals surface area contributed by atoms with Crippen LogP contribution >= 0.6 is 0 Å². The van der Waals surface area contributed by atoms with E-state index in [9.17, 15) is 10.1 Å². The number of hydrogen-bond acceptors (Lipinski definition) is 5. The lowest BCUT2D eigenvalue weighted by atomic mass is 10.3. The SMILES string of the molecule is N#Cc1ncn(-c2ccccc2[N+](=O)[O-])n1. The summed E-state index contributed by atoms with van der Waals surface area (Å²) in [4.78, 5) is 13.9. The number of nitriles is 1. The molecule has 2 aromatic rings. The molecule has 16 heavy (non-hydrogen) atoms. The summed E-state index contributed by atoms with van der Waals surface area (Å²) in [6, 6.07) is 7.86. The Hall–Kier alpha value is -2.75. The maximum atomic E-state index is 10.8. The van der Waals surface area contributed by atoms with Crippen molar-refractivity contribution in [1.29, 1.82) is 5.26 Å². The van der Waals surface area contributed by atoms with Gasteiger partial charge in [-0.25, -0.2) is 9.67 Å². The van der Waals surface area contributed by atoms with Gasteiger partial charge in [-0.05, 0) is 6.07 Å². The molecule has 0 spiro atoms. The van der Waals surface area contributed by atoms with E-state index in [-0.39, 0.29) is 17.2 Å². The molecule has 0 amide bonds. The van der Waals surface area contributed by atoms with Gasteiger partial charge >= 0.3 is 0 Å². The zero-order valence-electron chi connectivity index (χ0n) is 7.94. The van der Waals surface area contributed by atoms with Crippen molar-refractivity contribution < 1.29 is 4.92 Å². The number of aromatic nitrogens is 3. The molecule has 0 N–H and O–H groups in total. The lowest BCUT2D eigenvalue weighted by Gasteiger charge is -2.00. The van der Waals surface area contributed by atoms with E-state index >= 15 is 0 Å². The summed E-state index contributed by atoms with van der Waals surface area (Å²) in [5.41, 5.74) is 0.193. The Labute approximate surface area is 89.7 Å². The molecule has 0 aliphatic rings. The highest BCUT2D eigenvalue weighted by Gasteiger charge is 2.15. The summed E-state index contributed by atoms with van der Waals surface area (Å²) in [5.74, 6) is -0.0295. The third-order valence-corrected chi connectivity index (χ3v) is 1.92. The molecule has 0 saturated heterocycles. The first-order valence-corrected chi connectivity index (χ1v) is 4.28. The number of nitrogens with zero attached hydrogens (tertiary/aromatic N) is 5. The zero-order chi connectivity index (χ0) is 11.5. The van der Waals surface area contributed by atoms with Crippen LogP contribution in [0, 0.1) is 21.4 Å². The molecule has 1 heterocycles. The minimum Gasteiger partial charge on any atom is -0.258 e. The van der Waals surface area contributed by atoms with E-state index < -0.39 is 4.92 Å². The number of rotatable bonds is 2. The molecule has 0 atom stereocenters. The van der Waals surface area contributed by atoms with Crippen molar-refractivity contribution in [3.8, 4) is 11.8 Å². The van der Waals surface area contributed by atoms with Crippen LogP contribution < -0.4 is 0 Å². The van der Waals surface area contributed by atoms with Gasteiger partial charge in [-0.2, -0.15) is 5.26 Å². The molecule has 7 heteroatoms. The van der Waals surface area contributed by atoms with Crippen molar-refractivity contribution in [3.05, 3.63) is 46.5 Å². The monoisotopic (exact) mass is 215 g/mol. The van der Waals surface area contributed by atoms with Crippen molar-refractivity contribution in [2.45, 2.75) is 0 Å². The number of para-hydroxylation sites is 2. The molecule has 0 fully saturated rings. The first-order chi connectivity index (χ1) is 7.72. The fourth-order valence-corrected chi connectivity index (χ4v) is 1.24. The fourth-order valence-electron chi connectivity index (χ4n) is 1.24. The maximum absolute atomic E-state index is 10.8. The summed E-state index contributed by atoms with van der Waals surface area (Å²) >= 11 is 0. The van der Waals surface area contributed by atoms with Gasteiger partial charge in [0.25, 0.3) is 11.5 Å². The molecule has 78 valence electrons. The minimum absolute atomic E-state index is 0.0295. The van der Waals surface area contributed by atoms with E-state index in [0.717, 1.165) is 0 Å². The van der Waals surface area contributed by atoms with Crippen LogP contribution in [0.5, 0.6) is 0 Å². The fraction of sp³-hybridized carbons (Fsp3) is 0. The van der Waals surface area contributed by atoms with E-state index in [1.165, 1.54) is 23.1 Å². The van der Waals surface area contributed by atoms with E-state index in [1.54, 1.807) is 18.2 Å². The van der Waals surface area contributed by atoms with Crippen molar-refractivity contribution in [2.75, 3.05) is 0 Å². The average molecular weight is 215 g/mol. The van der Waals surface area contributed by atoms with Crippen molar-refractivity contribution in [1.82, 2.24) is 14.8 Å². The van der Waals surface area contributed by atoms with Crippen LogP contribution in [0.25, 0.3) is 5.69 Å². The molecular weight excluding hydrogens is 210 g/mol. The molecule has 1 aromatic carbocycles. The van der Waals surface area contributed by atoms with E-state index in [4.69, 9.17) is 5.26 Å². The summed E-state index contributed by atoms with van der Waals surface area (Å²) in [5, 5.41) is 23.1. The van der Waals surface area contributed by atoms with Gasteiger partial charge in [-0.3, -0.25) is 10.1 Å². The van der Waals surface area contributed by atoms with Gasteiger partial charge in [0.05, 0.1) is 4.92 Å². The van der Waals surface area contributed by atoms with E-state index in [0.29, 0.717) is 0 Å². The Morgan fingerprint density at radius 1 is 1.44 bits per heavy atom. The van der Waals surface area contributed by atoms with Crippen molar-refractivity contribution in [2.24, 2.45) is 0 Å². The molecule has 0 aliphatic carbocycles. The van der Waals surface area contributed by atoms with Gasteiger partial charge in [0.2, 0.25) is 0 Å². The van der Waals surface area contributed by atoms with Gasteiger partial charge in [-0.15, -0.1) is 5.10 Å². The Kier molecular flexibility index (Phi) is 2.31. The van der Waals surface area contributed by atoms with Crippen LogP contribution in [0.3, 0.4) is 0 Å². The first kappa shape index (κ1) is 9.79. The predicted octanol–water partition coefficient (Wildman–Crippen LogP) is 1.05. The molecule has 2 rings (SSSR count). The zero-order valence-corrected chi connectivity index (χ0v) is 7.94. The number of nitro groups is 1. The molecule has 0 unspecified atom stereocenters. The molecule has 0 bridgehead atoms. The third-order valence-electron chi connectivity index (χ3n) is 1.92. The topological polar surface area (TPSA) is 97.6 Å². The molecule has 0 radical (unpaired) electrons. The summed E-state index contributed by atoms with van der Waals surface area (Å²) in [6.07, 6.45) is 1.26. The standard InChI is InChI=1S/C9H5N5O2/c10-5-9-11-6-13(12-9)7-3-1-2-4-8(7)14(15)16/h1-4,6H. The van der Waals surface area contributed by atoms with Crippen LogP contribution in [0.1, 0.15) is 5.82 Å². The van der Waals surface area contributed by atoms with Gasteiger partial charge in [0.15, 0.2) is 0 Å². The van der Waals surface area contributed by atoms with Crippen LogP contribution in [0.15, 0.2) is 30.6 Å². The second-order valence-corrected chi connectivity index (χ2v) is 2.87. The summed E-state index contributed by atoms with van der Waals surface area (Å²) in [6.45, 7) is 0. The quantitative estimate of drug-likeness (QED) is 0.550. The van der Waals surface area contributed by atoms with Crippen molar-refractivity contribution >= 4 is 5.69 Å². The van der Waals surface area contributed by atoms with Crippen LogP contribution in [-0.2, 0) is 0 Å². The second kappa shape index (κ2) is 3.78.